The molecule has 1 atom stereocenters. The highest BCUT2D eigenvalue weighted by molar-refractivity contribution is 7.92. The Kier molecular flexibility index (Phi) is 9.42. The Morgan fingerprint density at radius 1 is 1.08 bits per heavy atom. The fourth-order valence-corrected chi connectivity index (χ4v) is 5.38. The van der Waals surface area contributed by atoms with Crippen LogP contribution in [0.2, 0.25) is 0 Å². The van der Waals surface area contributed by atoms with Gasteiger partial charge in [0, 0.05) is 18.7 Å². The molecule has 202 valence electrons. The van der Waals surface area contributed by atoms with Crippen molar-refractivity contribution in [1.82, 2.24) is 10.2 Å². The van der Waals surface area contributed by atoms with Gasteiger partial charge in [0.05, 0.1) is 26.2 Å². The molecule has 9 nitrogen and oxygen atoms in total. The summed E-state index contributed by atoms with van der Waals surface area (Å²) >= 11 is 0. The first-order valence-corrected chi connectivity index (χ1v) is 14.2. The zero-order valence-electron chi connectivity index (χ0n) is 22.2. The van der Waals surface area contributed by atoms with Crippen LogP contribution in [0.3, 0.4) is 0 Å². The van der Waals surface area contributed by atoms with Crippen molar-refractivity contribution in [1.29, 1.82) is 0 Å². The first-order valence-electron chi connectivity index (χ1n) is 12.4. The third kappa shape index (κ3) is 7.15. The maximum Gasteiger partial charge on any atom is 0.244 e. The van der Waals surface area contributed by atoms with Crippen molar-refractivity contribution in [2.75, 3.05) is 31.3 Å². The number of carbonyl (C=O) groups is 2. The number of anilines is 1. The fraction of sp³-hybridized carbons (Fsp3) is 0.481. The fourth-order valence-electron chi connectivity index (χ4n) is 4.53. The van der Waals surface area contributed by atoms with E-state index in [4.69, 9.17) is 9.47 Å². The lowest BCUT2D eigenvalue weighted by molar-refractivity contribution is -0.139. The van der Waals surface area contributed by atoms with Crippen molar-refractivity contribution in [3.63, 3.8) is 0 Å². The third-order valence-electron chi connectivity index (χ3n) is 6.81. The Morgan fingerprint density at radius 2 is 1.76 bits per heavy atom. The Hall–Kier alpha value is -3.27. The first kappa shape index (κ1) is 28.3. The summed E-state index contributed by atoms with van der Waals surface area (Å²) < 4.78 is 37.3. The second-order valence-electron chi connectivity index (χ2n) is 9.42. The molecule has 37 heavy (non-hydrogen) atoms. The number of nitrogens with zero attached hydrogens (tertiary/aromatic N) is 2. The molecule has 1 saturated carbocycles. The highest BCUT2D eigenvalue weighted by Gasteiger charge is 2.32. The molecule has 0 unspecified atom stereocenters. The number of aryl methyl sites for hydroxylation is 1. The minimum atomic E-state index is -3.88. The number of carbonyl (C=O) groups excluding carboxylic acids is 2. The highest BCUT2D eigenvalue weighted by Crippen LogP contribution is 2.33. The van der Waals surface area contributed by atoms with Gasteiger partial charge in [0.1, 0.15) is 24.1 Å². The van der Waals surface area contributed by atoms with E-state index < -0.39 is 28.5 Å². The molecule has 1 N–H and O–H groups in total. The molecule has 1 fully saturated rings. The third-order valence-corrected chi connectivity index (χ3v) is 7.93. The molecule has 0 radical (unpaired) electrons. The summed E-state index contributed by atoms with van der Waals surface area (Å²) in [6, 6.07) is 11.6. The number of rotatable bonds is 11. The van der Waals surface area contributed by atoms with Crippen LogP contribution in [-0.2, 0) is 26.2 Å². The quantitative estimate of drug-likeness (QED) is 0.477. The topological polar surface area (TPSA) is 105 Å². The van der Waals surface area contributed by atoms with E-state index in [-0.39, 0.29) is 29.9 Å². The number of hydrogen-bond donors (Lipinski definition) is 1. The van der Waals surface area contributed by atoms with Crippen molar-refractivity contribution in [2.45, 2.75) is 58.2 Å². The number of amides is 2. The van der Waals surface area contributed by atoms with Crippen LogP contribution in [0, 0.1) is 6.92 Å². The van der Waals surface area contributed by atoms with Crippen molar-refractivity contribution in [3.05, 3.63) is 53.6 Å². The van der Waals surface area contributed by atoms with Crippen LogP contribution >= 0.6 is 0 Å². The van der Waals surface area contributed by atoms with Crippen LogP contribution in [0.1, 0.15) is 43.7 Å². The van der Waals surface area contributed by atoms with Gasteiger partial charge in [0.2, 0.25) is 21.8 Å². The van der Waals surface area contributed by atoms with Gasteiger partial charge in [0.15, 0.2) is 0 Å². The first-order chi connectivity index (χ1) is 17.5. The number of benzene rings is 2. The zero-order valence-corrected chi connectivity index (χ0v) is 23.0. The van der Waals surface area contributed by atoms with Crippen molar-refractivity contribution in [2.24, 2.45) is 0 Å². The predicted octanol–water partition coefficient (Wildman–Crippen LogP) is 3.25. The van der Waals surface area contributed by atoms with Gasteiger partial charge < -0.3 is 19.7 Å². The summed E-state index contributed by atoms with van der Waals surface area (Å²) in [7, 11) is -0.969. The standard InChI is InChI=1S/C27H37N3O6S/c1-19-10-6-7-11-21(19)17-29(20(2)27(32)28-22-12-8-9-13-22)26(31)18-30(37(5,33)34)24-15-14-23(35-3)16-25(24)36-4/h6-7,10-11,14-16,20,22H,8-9,12-13,17-18H2,1-5H3,(H,28,32)/t20-/m1/s1. The Morgan fingerprint density at radius 3 is 2.35 bits per heavy atom. The summed E-state index contributed by atoms with van der Waals surface area (Å²) in [5, 5.41) is 3.06. The lowest BCUT2D eigenvalue weighted by Gasteiger charge is -2.32. The maximum absolute atomic E-state index is 13.8. The van der Waals surface area contributed by atoms with E-state index in [0.717, 1.165) is 47.4 Å². The molecule has 3 rings (SSSR count). The lowest BCUT2D eigenvalue weighted by Crippen LogP contribution is -2.52. The molecule has 0 aliphatic heterocycles. The second-order valence-corrected chi connectivity index (χ2v) is 11.3. The summed E-state index contributed by atoms with van der Waals surface area (Å²) in [4.78, 5) is 28.4. The normalized spacial score (nSPS) is 14.6. The van der Waals surface area contributed by atoms with Gasteiger partial charge in [-0.05, 0) is 49.9 Å². The van der Waals surface area contributed by atoms with E-state index in [1.54, 1.807) is 19.1 Å². The van der Waals surface area contributed by atoms with E-state index in [1.165, 1.54) is 25.2 Å². The molecule has 1 aliphatic rings. The van der Waals surface area contributed by atoms with E-state index in [2.05, 4.69) is 5.32 Å². The molecule has 0 bridgehead atoms. The Bertz CT molecular complexity index is 1210. The van der Waals surface area contributed by atoms with Gasteiger partial charge in [-0.1, -0.05) is 37.1 Å². The van der Waals surface area contributed by atoms with Gasteiger partial charge in [-0.2, -0.15) is 0 Å². The van der Waals surface area contributed by atoms with Crippen LogP contribution in [0.4, 0.5) is 5.69 Å². The molecule has 10 heteroatoms. The minimum Gasteiger partial charge on any atom is -0.497 e. The van der Waals surface area contributed by atoms with Gasteiger partial charge in [-0.3, -0.25) is 13.9 Å². The molecule has 1 aliphatic carbocycles. The van der Waals surface area contributed by atoms with Crippen LogP contribution < -0.4 is 19.1 Å². The Balaban J connectivity index is 1.94. The van der Waals surface area contributed by atoms with E-state index in [9.17, 15) is 18.0 Å². The molecule has 2 amide bonds. The molecule has 0 aromatic heterocycles. The van der Waals surface area contributed by atoms with E-state index in [0.29, 0.717) is 5.75 Å². The molecule has 0 heterocycles. The molecule has 0 saturated heterocycles. The lowest BCUT2D eigenvalue weighted by atomic mass is 10.1. The zero-order chi connectivity index (χ0) is 27.2. The van der Waals surface area contributed by atoms with Crippen molar-refractivity contribution in [3.8, 4) is 11.5 Å². The van der Waals surface area contributed by atoms with Crippen LogP contribution in [0.5, 0.6) is 11.5 Å². The van der Waals surface area contributed by atoms with Crippen molar-refractivity contribution >= 4 is 27.5 Å². The van der Waals surface area contributed by atoms with Gasteiger partial charge in [0.25, 0.3) is 0 Å². The molecule has 0 spiro atoms. The molecule has 2 aromatic rings. The van der Waals surface area contributed by atoms with Crippen LogP contribution in [0.25, 0.3) is 0 Å². The number of sulfonamides is 1. The molecular weight excluding hydrogens is 494 g/mol. The largest absolute Gasteiger partial charge is 0.497 e. The number of methoxy groups -OCH3 is 2. The Labute approximate surface area is 219 Å². The summed E-state index contributed by atoms with van der Waals surface area (Å²) in [6.07, 6.45) is 5.01. The predicted molar refractivity (Wildman–Crippen MR) is 143 cm³/mol. The van der Waals surface area contributed by atoms with Gasteiger partial charge >= 0.3 is 0 Å². The minimum absolute atomic E-state index is 0.0986. The smallest absolute Gasteiger partial charge is 0.244 e. The number of hydrogen-bond acceptors (Lipinski definition) is 6. The van der Waals surface area contributed by atoms with E-state index >= 15 is 0 Å². The molecule has 2 aromatic carbocycles. The average molecular weight is 532 g/mol. The number of nitrogens with one attached hydrogen (secondary N) is 1. The highest BCUT2D eigenvalue weighted by atomic mass is 32.2. The van der Waals surface area contributed by atoms with E-state index in [1.807, 2.05) is 31.2 Å². The molecular formula is C27H37N3O6S. The second kappa shape index (κ2) is 12.3. The summed E-state index contributed by atoms with van der Waals surface area (Å²) in [5.74, 6) is -0.0174. The number of ether oxygens (including phenoxy) is 2. The van der Waals surface area contributed by atoms with Gasteiger partial charge in [-0.25, -0.2) is 8.42 Å². The monoisotopic (exact) mass is 531 g/mol. The average Bonchev–Trinajstić information content (AvgIpc) is 3.38. The summed E-state index contributed by atoms with van der Waals surface area (Å²) in [5.41, 5.74) is 2.06. The maximum atomic E-state index is 13.8. The van der Waals surface area contributed by atoms with Crippen LogP contribution in [-0.4, -0.2) is 64.2 Å². The van der Waals surface area contributed by atoms with Crippen molar-refractivity contribution < 1.29 is 27.5 Å². The van der Waals surface area contributed by atoms with Crippen LogP contribution in [0.15, 0.2) is 42.5 Å². The van der Waals surface area contributed by atoms with Gasteiger partial charge in [-0.15, -0.1) is 0 Å². The SMILES string of the molecule is COc1ccc(N(CC(=O)N(Cc2ccccc2C)[C@H](C)C(=O)NC2CCCC2)S(C)(=O)=O)c(OC)c1. The summed E-state index contributed by atoms with van der Waals surface area (Å²) in [6.45, 7) is 3.29.